The van der Waals surface area contributed by atoms with E-state index in [4.69, 9.17) is 34.4 Å². The van der Waals surface area contributed by atoms with Gasteiger partial charge in [0.1, 0.15) is 0 Å². The third-order valence-corrected chi connectivity index (χ3v) is 4.67. The summed E-state index contributed by atoms with van der Waals surface area (Å²) in [7, 11) is 0. The lowest BCUT2D eigenvalue weighted by Crippen LogP contribution is -2.06. The van der Waals surface area contributed by atoms with Gasteiger partial charge >= 0.3 is 0 Å². The van der Waals surface area contributed by atoms with Crippen molar-refractivity contribution >= 4 is 66.4 Å². The van der Waals surface area contributed by atoms with E-state index in [1.54, 1.807) is 6.07 Å². The summed E-state index contributed by atoms with van der Waals surface area (Å²) < 4.78 is 0. The van der Waals surface area contributed by atoms with Crippen LogP contribution in [-0.4, -0.2) is 0 Å². The van der Waals surface area contributed by atoms with Gasteiger partial charge in [-0.25, -0.2) is 0 Å². The molecule has 0 saturated heterocycles. The van der Waals surface area contributed by atoms with E-state index in [1.165, 1.54) is 0 Å². The van der Waals surface area contributed by atoms with Crippen LogP contribution < -0.4 is 34.4 Å². The maximum atomic E-state index is 6.31. The monoisotopic (exact) mass is 318 g/mol. The molecular formula is C18H18N6. The Hall–Kier alpha value is -3.54. The molecule has 12 N–H and O–H groups in total. The molecule has 0 heterocycles. The highest BCUT2D eigenvalue weighted by Crippen LogP contribution is 2.48. The number of nitrogen functional groups attached to an aromatic ring is 6. The van der Waals surface area contributed by atoms with Gasteiger partial charge < -0.3 is 34.4 Å². The molecule has 0 bridgehead atoms. The second-order valence-corrected chi connectivity index (χ2v) is 5.94. The lowest BCUT2D eigenvalue weighted by atomic mass is 9.90. The summed E-state index contributed by atoms with van der Waals surface area (Å²) in [6.07, 6.45) is 0. The molecule has 0 aliphatic heterocycles. The predicted octanol–water partition coefficient (Wildman–Crippen LogP) is 2.64. The molecular weight excluding hydrogens is 300 g/mol. The maximum absolute atomic E-state index is 6.31. The van der Waals surface area contributed by atoms with E-state index >= 15 is 0 Å². The highest BCUT2D eigenvalue weighted by Gasteiger charge is 2.20. The molecule has 0 unspecified atom stereocenters. The molecule has 4 aromatic rings. The Balaban J connectivity index is 2.53. The second-order valence-electron chi connectivity index (χ2n) is 5.94. The summed E-state index contributed by atoms with van der Waals surface area (Å²) in [5, 5.41) is 5.08. The first kappa shape index (κ1) is 14.1. The van der Waals surface area contributed by atoms with Gasteiger partial charge in [0.15, 0.2) is 0 Å². The van der Waals surface area contributed by atoms with E-state index in [-0.39, 0.29) is 11.4 Å². The average molecular weight is 318 g/mol. The molecule has 0 aromatic heterocycles. The van der Waals surface area contributed by atoms with Crippen molar-refractivity contribution in [2.75, 3.05) is 34.4 Å². The van der Waals surface area contributed by atoms with Crippen LogP contribution in [0.5, 0.6) is 0 Å². The Morgan fingerprint density at radius 1 is 0.417 bits per heavy atom. The average Bonchev–Trinajstić information content (AvgIpc) is 2.59. The van der Waals surface area contributed by atoms with Crippen molar-refractivity contribution < 1.29 is 0 Å². The fourth-order valence-corrected chi connectivity index (χ4v) is 3.43. The second kappa shape index (κ2) is 4.48. The molecule has 0 radical (unpaired) electrons. The quantitative estimate of drug-likeness (QED) is 0.216. The molecule has 0 fully saturated rings. The Labute approximate surface area is 138 Å². The molecule has 24 heavy (non-hydrogen) atoms. The van der Waals surface area contributed by atoms with Crippen molar-refractivity contribution in [3.8, 4) is 0 Å². The van der Waals surface area contributed by atoms with Gasteiger partial charge in [0.2, 0.25) is 0 Å². The standard InChI is InChI=1S/C18H18N6/c19-10-6-5-9-7-3-1-2-4-8(7)12-13(11(9)14(10)20)16(22)18(24)17(23)15(12)21/h1-6H,19-24H2. The summed E-state index contributed by atoms with van der Waals surface area (Å²) in [5.41, 5.74) is 39.3. The maximum Gasteiger partial charge on any atom is 0.0809 e. The fourth-order valence-electron chi connectivity index (χ4n) is 3.43. The predicted molar refractivity (Wildman–Crippen MR) is 105 cm³/mol. The summed E-state index contributed by atoms with van der Waals surface area (Å²) in [6, 6.07) is 11.6. The largest absolute Gasteiger partial charge is 0.397 e. The van der Waals surface area contributed by atoms with Crippen molar-refractivity contribution in [2.45, 2.75) is 0 Å². The van der Waals surface area contributed by atoms with Crippen molar-refractivity contribution in [1.82, 2.24) is 0 Å². The van der Waals surface area contributed by atoms with Crippen molar-refractivity contribution in [3.05, 3.63) is 36.4 Å². The van der Waals surface area contributed by atoms with Gasteiger partial charge in [-0.2, -0.15) is 0 Å². The minimum Gasteiger partial charge on any atom is -0.397 e. The van der Waals surface area contributed by atoms with Gasteiger partial charge in [-0.1, -0.05) is 30.3 Å². The molecule has 0 spiro atoms. The molecule has 4 aromatic carbocycles. The summed E-state index contributed by atoms with van der Waals surface area (Å²) in [5.74, 6) is 0. The number of rotatable bonds is 0. The molecule has 0 saturated carbocycles. The molecule has 6 heteroatoms. The third-order valence-electron chi connectivity index (χ3n) is 4.67. The number of fused-ring (bicyclic) bond motifs is 6. The molecule has 0 atom stereocenters. The van der Waals surface area contributed by atoms with E-state index in [9.17, 15) is 0 Å². The van der Waals surface area contributed by atoms with Crippen LogP contribution in [0, 0.1) is 0 Å². The lowest BCUT2D eigenvalue weighted by Gasteiger charge is -2.19. The van der Waals surface area contributed by atoms with Crippen molar-refractivity contribution in [2.24, 2.45) is 0 Å². The van der Waals surface area contributed by atoms with E-state index in [0.29, 0.717) is 28.1 Å². The molecule has 6 nitrogen and oxygen atoms in total. The van der Waals surface area contributed by atoms with Crippen molar-refractivity contribution in [1.29, 1.82) is 0 Å². The first-order chi connectivity index (χ1) is 11.4. The molecule has 4 rings (SSSR count). The lowest BCUT2D eigenvalue weighted by molar-refractivity contribution is 1.69. The van der Waals surface area contributed by atoms with Crippen LogP contribution in [0.25, 0.3) is 32.3 Å². The van der Waals surface area contributed by atoms with Gasteiger partial charge in [-0.05, 0) is 22.2 Å². The summed E-state index contributed by atoms with van der Waals surface area (Å²) >= 11 is 0. The van der Waals surface area contributed by atoms with Gasteiger partial charge in [-0.3, -0.25) is 0 Å². The highest BCUT2D eigenvalue weighted by molar-refractivity contribution is 6.36. The van der Waals surface area contributed by atoms with Gasteiger partial charge in [-0.15, -0.1) is 0 Å². The summed E-state index contributed by atoms with van der Waals surface area (Å²) in [4.78, 5) is 0. The Kier molecular flexibility index (Phi) is 2.63. The topological polar surface area (TPSA) is 156 Å². The smallest absolute Gasteiger partial charge is 0.0809 e. The van der Waals surface area contributed by atoms with Crippen LogP contribution in [0.1, 0.15) is 0 Å². The molecule has 120 valence electrons. The third kappa shape index (κ3) is 1.54. The van der Waals surface area contributed by atoms with Gasteiger partial charge in [0.05, 0.1) is 34.1 Å². The number of anilines is 6. The van der Waals surface area contributed by atoms with Crippen LogP contribution in [0.3, 0.4) is 0 Å². The van der Waals surface area contributed by atoms with Crippen LogP contribution in [0.15, 0.2) is 36.4 Å². The van der Waals surface area contributed by atoms with E-state index in [0.717, 1.165) is 26.9 Å². The first-order valence-corrected chi connectivity index (χ1v) is 7.47. The van der Waals surface area contributed by atoms with E-state index in [1.807, 2.05) is 30.3 Å². The SMILES string of the molecule is Nc1ccc2c3ccccc3c3c(N)c(N)c(N)c(N)c3c2c1N. The highest BCUT2D eigenvalue weighted by atomic mass is 14.8. The number of hydrogen-bond donors (Lipinski definition) is 6. The summed E-state index contributed by atoms with van der Waals surface area (Å²) in [6.45, 7) is 0. The molecule has 0 aliphatic carbocycles. The zero-order chi connectivity index (χ0) is 17.2. The number of nitrogens with two attached hydrogens (primary N) is 6. The van der Waals surface area contributed by atoms with Crippen LogP contribution in [0.2, 0.25) is 0 Å². The van der Waals surface area contributed by atoms with E-state index < -0.39 is 0 Å². The number of benzene rings is 4. The van der Waals surface area contributed by atoms with Gasteiger partial charge in [0, 0.05) is 16.2 Å². The van der Waals surface area contributed by atoms with Crippen LogP contribution >= 0.6 is 0 Å². The Bertz CT molecular complexity index is 1140. The normalized spacial score (nSPS) is 11.5. The Morgan fingerprint density at radius 3 is 1.58 bits per heavy atom. The Morgan fingerprint density at radius 2 is 0.917 bits per heavy atom. The zero-order valence-corrected chi connectivity index (χ0v) is 12.9. The van der Waals surface area contributed by atoms with E-state index in [2.05, 4.69) is 0 Å². The molecule has 0 amide bonds. The van der Waals surface area contributed by atoms with Crippen molar-refractivity contribution in [3.63, 3.8) is 0 Å². The van der Waals surface area contributed by atoms with Crippen LogP contribution in [0.4, 0.5) is 34.1 Å². The minimum absolute atomic E-state index is 0.262. The molecule has 0 aliphatic rings. The van der Waals surface area contributed by atoms with Gasteiger partial charge in [0.25, 0.3) is 0 Å². The van der Waals surface area contributed by atoms with Crippen LogP contribution in [-0.2, 0) is 0 Å². The minimum atomic E-state index is 0.262. The fraction of sp³-hybridized carbons (Fsp3) is 0. The zero-order valence-electron chi connectivity index (χ0n) is 12.9. The number of hydrogen-bond acceptors (Lipinski definition) is 6. The first-order valence-electron chi connectivity index (χ1n) is 7.47.